The number of H-pyrrole nitrogens is 1. The molecule has 1 heterocycles. The molecule has 0 bridgehead atoms. The normalized spacial score (nSPS) is 14.3. The number of hydrogen-bond donors (Lipinski definition) is 2. The fourth-order valence-electron chi connectivity index (χ4n) is 3.27. The molecule has 2 N–H and O–H groups in total. The van der Waals surface area contributed by atoms with E-state index >= 15 is 0 Å². The number of hydrogen-bond acceptors (Lipinski definition) is 4. The number of benzene rings is 1. The lowest BCUT2D eigenvalue weighted by molar-refractivity contribution is -0.146. The Morgan fingerprint density at radius 2 is 2.12 bits per heavy atom. The summed E-state index contributed by atoms with van der Waals surface area (Å²) in [7, 11) is 0. The fraction of sp³-hybridized carbons (Fsp3) is 0.450. The molecular formula is C20H24BrN3O2. The number of nitrogens with one attached hydrogen (secondary N) is 2. The second-order valence-electron chi connectivity index (χ2n) is 7.62. The van der Waals surface area contributed by atoms with Gasteiger partial charge in [-0.1, -0.05) is 28.9 Å². The van der Waals surface area contributed by atoms with Crippen LogP contribution in [-0.4, -0.2) is 27.2 Å². The average Bonchev–Trinajstić information content (AvgIpc) is 2.97. The number of esters is 1. The van der Waals surface area contributed by atoms with Gasteiger partial charge in [0, 0.05) is 10.0 Å². The van der Waals surface area contributed by atoms with E-state index in [-0.39, 0.29) is 5.71 Å². The molecule has 0 amide bonds. The fourth-order valence-corrected chi connectivity index (χ4v) is 3.68. The van der Waals surface area contributed by atoms with Gasteiger partial charge < -0.3 is 9.72 Å². The van der Waals surface area contributed by atoms with E-state index in [9.17, 15) is 4.79 Å². The van der Waals surface area contributed by atoms with E-state index in [1.807, 2.05) is 13.0 Å². The summed E-state index contributed by atoms with van der Waals surface area (Å²) in [5.41, 5.74) is 3.76. The Balaban J connectivity index is 1.91. The summed E-state index contributed by atoms with van der Waals surface area (Å²) in [6.45, 7) is 7.37. The molecule has 1 aliphatic rings. The van der Waals surface area contributed by atoms with E-state index in [2.05, 4.69) is 33.0 Å². The van der Waals surface area contributed by atoms with Crippen molar-refractivity contribution in [1.29, 1.82) is 5.41 Å². The van der Waals surface area contributed by atoms with Gasteiger partial charge in [0.15, 0.2) is 0 Å². The molecule has 0 unspecified atom stereocenters. The molecule has 0 saturated heterocycles. The Bertz CT molecular complexity index is 864. The Kier molecular flexibility index (Phi) is 5.06. The van der Waals surface area contributed by atoms with E-state index in [1.165, 1.54) is 5.56 Å². The highest BCUT2D eigenvalue weighted by Crippen LogP contribution is 2.35. The molecule has 0 aliphatic heterocycles. The number of nitrogens with zero attached hydrogens (tertiary/aromatic N) is 1. The van der Waals surface area contributed by atoms with Crippen LogP contribution in [0.1, 0.15) is 57.1 Å². The van der Waals surface area contributed by atoms with Gasteiger partial charge in [-0.25, -0.2) is 9.78 Å². The van der Waals surface area contributed by atoms with Crippen LogP contribution < -0.4 is 0 Å². The van der Waals surface area contributed by atoms with Crippen molar-refractivity contribution in [1.82, 2.24) is 9.97 Å². The number of ether oxygens (including phenoxy) is 1. The predicted octanol–water partition coefficient (Wildman–Crippen LogP) is 4.79. The molecule has 26 heavy (non-hydrogen) atoms. The lowest BCUT2D eigenvalue weighted by atomic mass is 9.92. The SMILES string of the molecule is CC[C@@H](C(=N)C(=O)OC(C)(C)C)c1nc2c([nH]1)-c1ccc(Br)cc1CC2. The molecule has 6 heteroatoms. The predicted molar refractivity (Wildman–Crippen MR) is 106 cm³/mol. The standard InChI is InChI=1S/C20H24BrN3O2/c1-5-13(16(22)19(25)26-20(2,3)4)18-23-15-9-6-11-10-12(21)7-8-14(11)17(15)24-18/h7-8,10,13,22H,5-6,9H2,1-4H3,(H,23,24)/t13-/m0/s1. The van der Waals surface area contributed by atoms with E-state index in [0.717, 1.165) is 34.3 Å². The summed E-state index contributed by atoms with van der Waals surface area (Å²) in [5.74, 6) is -0.304. The van der Waals surface area contributed by atoms with Crippen molar-refractivity contribution in [2.45, 2.75) is 58.5 Å². The largest absolute Gasteiger partial charge is 0.455 e. The molecule has 0 radical (unpaired) electrons. The lowest BCUT2D eigenvalue weighted by Gasteiger charge is -2.21. The Hall–Kier alpha value is -1.95. The third kappa shape index (κ3) is 3.75. The zero-order valence-corrected chi connectivity index (χ0v) is 17.2. The number of halogens is 1. The van der Waals surface area contributed by atoms with E-state index < -0.39 is 17.5 Å². The first kappa shape index (κ1) is 18.8. The van der Waals surface area contributed by atoms with Crippen LogP contribution in [0.15, 0.2) is 22.7 Å². The number of aromatic amines is 1. The Morgan fingerprint density at radius 3 is 2.77 bits per heavy atom. The van der Waals surface area contributed by atoms with Gasteiger partial charge in [-0.3, -0.25) is 5.41 Å². The smallest absolute Gasteiger partial charge is 0.353 e. The molecule has 3 rings (SSSR count). The Morgan fingerprint density at radius 1 is 1.38 bits per heavy atom. The number of imidazole rings is 1. The van der Waals surface area contributed by atoms with Gasteiger partial charge in [0.1, 0.15) is 17.1 Å². The van der Waals surface area contributed by atoms with Gasteiger partial charge in [-0.05, 0) is 57.7 Å². The number of carbonyl (C=O) groups is 1. The molecule has 1 aromatic heterocycles. The molecule has 0 spiro atoms. The number of aryl methyl sites for hydroxylation is 2. The molecule has 5 nitrogen and oxygen atoms in total. The molecule has 0 fully saturated rings. The maximum absolute atomic E-state index is 12.3. The average molecular weight is 418 g/mol. The minimum Gasteiger partial charge on any atom is -0.455 e. The lowest BCUT2D eigenvalue weighted by Crippen LogP contribution is -2.31. The van der Waals surface area contributed by atoms with E-state index in [4.69, 9.17) is 15.1 Å². The number of carbonyl (C=O) groups excluding carboxylic acids is 1. The third-order valence-electron chi connectivity index (χ3n) is 4.47. The van der Waals surface area contributed by atoms with Crippen LogP contribution >= 0.6 is 15.9 Å². The van der Waals surface area contributed by atoms with Gasteiger partial charge in [-0.15, -0.1) is 0 Å². The maximum atomic E-state index is 12.3. The minimum absolute atomic E-state index is 0.0513. The highest BCUT2D eigenvalue weighted by molar-refractivity contribution is 9.10. The topological polar surface area (TPSA) is 78.8 Å². The van der Waals surface area contributed by atoms with Crippen molar-refractivity contribution in [3.8, 4) is 11.3 Å². The van der Waals surface area contributed by atoms with Gasteiger partial charge in [0.25, 0.3) is 0 Å². The van der Waals surface area contributed by atoms with Crippen LogP contribution in [0.2, 0.25) is 0 Å². The second-order valence-corrected chi connectivity index (χ2v) is 8.54. The highest BCUT2D eigenvalue weighted by atomic mass is 79.9. The van der Waals surface area contributed by atoms with Crippen molar-refractivity contribution in [2.75, 3.05) is 0 Å². The molecule has 2 aromatic rings. The first-order valence-electron chi connectivity index (χ1n) is 8.89. The summed E-state index contributed by atoms with van der Waals surface area (Å²) in [4.78, 5) is 20.4. The van der Waals surface area contributed by atoms with Gasteiger partial charge in [0.05, 0.1) is 17.3 Å². The van der Waals surface area contributed by atoms with Crippen LogP contribution in [0.5, 0.6) is 0 Å². The highest BCUT2D eigenvalue weighted by Gasteiger charge is 2.30. The van der Waals surface area contributed by atoms with E-state index in [0.29, 0.717) is 12.2 Å². The van der Waals surface area contributed by atoms with Gasteiger partial charge >= 0.3 is 5.97 Å². The van der Waals surface area contributed by atoms with Crippen LogP contribution in [0.3, 0.4) is 0 Å². The van der Waals surface area contributed by atoms with Crippen molar-refractivity contribution < 1.29 is 9.53 Å². The molecule has 1 aromatic carbocycles. The van der Waals surface area contributed by atoms with Crippen molar-refractivity contribution in [3.63, 3.8) is 0 Å². The summed E-state index contributed by atoms with van der Waals surface area (Å²) in [5, 5.41) is 8.31. The molecule has 1 aliphatic carbocycles. The van der Waals surface area contributed by atoms with Crippen molar-refractivity contribution in [3.05, 3.63) is 39.8 Å². The molecule has 138 valence electrons. The molecular weight excluding hydrogens is 394 g/mol. The quantitative estimate of drug-likeness (QED) is 0.553. The zero-order valence-electron chi connectivity index (χ0n) is 15.6. The second kappa shape index (κ2) is 6.99. The third-order valence-corrected chi connectivity index (χ3v) is 4.96. The summed E-state index contributed by atoms with van der Waals surface area (Å²) in [6, 6.07) is 6.24. The van der Waals surface area contributed by atoms with Crippen LogP contribution in [0.25, 0.3) is 11.3 Å². The molecule has 1 atom stereocenters. The van der Waals surface area contributed by atoms with Crippen LogP contribution in [0.4, 0.5) is 0 Å². The first-order valence-corrected chi connectivity index (χ1v) is 9.68. The minimum atomic E-state index is -0.615. The van der Waals surface area contributed by atoms with Gasteiger partial charge in [-0.2, -0.15) is 0 Å². The number of fused-ring (bicyclic) bond motifs is 3. The van der Waals surface area contributed by atoms with Crippen molar-refractivity contribution in [2.24, 2.45) is 0 Å². The number of rotatable bonds is 4. The Labute approximate surface area is 162 Å². The monoisotopic (exact) mass is 417 g/mol. The zero-order chi connectivity index (χ0) is 19.1. The number of aromatic nitrogens is 2. The molecule has 0 saturated carbocycles. The maximum Gasteiger partial charge on any atom is 0.353 e. The summed E-state index contributed by atoms with van der Waals surface area (Å²) in [6.07, 6.45) is 2.40. The summed E-state index contributed by atoms with van der Waals surface area (Å²) < 4.78 is 6.43. The van der Waals surface area contributed by atoms with Crippen molar-refractivity contribution >= 4 is 27.6 Å². The van der Waals surface area contributed by atoms with Gasteiger partial charge in [0.2, 0.25) is 0 Å². The first-order chi connectivity index (χ1) is 12.2. The van der Waals surface area contributed by atoms with Crippen LogP contribution in [-0.2, 0) is 22.4 Å². The van der Waals surface area contributed by atoms with E-state index in [1.54, 1.807) is 20.8 Å². The summed E-state index contributed by atoms with van der Waals surface area (Å²) >= 11 is 3.52. The van der Waals surface area contributed by atoms with Crippen LogP contribution in [0, 0.1) is 5.41 Å².